The summed E-state index contributed by atoms with van der Waals surface area (Å²) in [4.78, 5) is 15.2. The van der Waals surface area contributed by atoms with E-state index in [4.69, 9.17) is 4.74 Å². The first kappa shape index (κ1) is 17.8. The predicted molar refractivity (Wildman–Crippen MR) is 89.2 cm³/mol. The average Bonchev–Trinajstić information content (AvgIpc) is 2.66. The molecule has 1 fully saturated rings. The minimum atomic E-state index is -2.35. The maximum Gasteiger partial charge on any atom is 0.340 e. The molecule has 0 bridgehead atoms. The molecule has 2 heterocycles. The highest BCUT2D eigenvalue weighted by molar-refractivity contribution is 5.68. The fraction of sp³-hybridized carbons (Fsp3) is 0.647. The molecule has 0 unspecified atom stereocenters. The molecule has 138 valence electrons. The van der Waals surface area contributed by atoms with Gasteiger partial charge in [0.25, 0.3) is 11.3 Å². The van der Waals surface area contributed by atoms with E-state index >= 15 is 0 Å². The van der Waals surface area contributed by atoms with Crippen molar-refractivity contribution in [2.45, 2.75) is 38.7 Å². The Labute approximate surface area is 145 Å². The van der Waals surface area contributed by atoms with Gasteiger partial charge in [0.2, 0.25) is 0 Å². The molecular formula is C17H24F2N3O3+. The van der Waals surface area contributed by atoms with Gasteiger partial charge in [0.15, 0.2) is 0 Å². The van der Waals surface area contributed by atoms with E-state index in [0.717, 1.165) is 5.56 Å². The van der Waals surface area contributed by atoms with Gasteiger partial charge >= 0.3 is 5.69 Å². The third-order valence-corrected chi connectivity index (χ3v) is 4.69. The van der Waals surface area contributed by atoms with Crippen LogP contribution in [0.15, 0.2) is 12.1 Å². The van der Waals surface area contributed by atoms with Crippen molar-refractivity contribution < 1.29 is 23.6 Å². The molecule has 6 nitrogen and oxygen atoms in total. The summed E-state index contributed by atoms with van der Waals surface area (Å²) in [5.41, 5.74) is 1.27. The van der Waals surface area contributed by atoms with Crippen LogP contribution in [0.5, 0.6) is 5.75 Å². The Balaban J connectivity index is 1.85. The number of nitrogens with zero attached hydrogens (tertiary/aromatic N) is 3. The highest BCUT2D eigenvalue weighted by Crippen LogP contribution is 2.42. The van der Waals surface area contributed by atoms with Crippen LogP contribution in [-0.2, 0) is 6.42 Å². The van der Waals surface area contributed by atoms with Gasteiger partial charge in [-0.15, -0.1) is 0 Å². The summed E-state index contributed by atoms with van der Waals surface area (Å²) in [6.45, 7) is 5.90. The summed E-state index contributed by atoms with van der Waals surface area (Å²) in [7, 11) is 0. The minimum absolute atomic E-state index is 0.122. The molecule has 1 aromatic rings. The van der Waals surface area contributed by atoms with Crippen molar-refractivity contribution in [3.8, 4) is 5.75 Å². The number of anilines is 1. The first-order valence-corrected chi connectivity index (χ1v) is 8.53. The number of hydrogen-bond donors (Lipinski definition) is 1. The molecule has 1 saturated heterocycles. The molecule has 2 aliphatic heterocycles. The van der Waals surface area contributed by atoms with Crippen LogP contribution < -0.4 is 9.64 Å². The van der Waals surface area contributed by atoms with Crippen LogP contribution in [0.3, 0.4) is 0 Å². The molecule has 3 rings (SSSR count). The van der Waals surface area contributed by atoms with Crippen LogP contribution in [0.2, 0.25) is 0 Å². The van der Waals surface area contributed by atoms with E-state index in [1.807, 2.05) is 18.7 Å². The Morgan fingerprint density at radius 3 is 2.72 bits per heavy atom. The summed E-state index contributed by atoms with van der Waals surface area (Å²) in [6, 6.07) is 3.44. The zero-order valence-electron chi connectivity index (χ0n) is 14.5. The summed E-state index contributed by atoms with van der Waals surface area (Å²) < 4.78 is 31.2. The van der Waals surface area contributed by atoms with E-state index in [9.17, 15) is 18.9 Å². The normalized spacial score (nSPS) is 20.3. The van der Waals surface area contributed by atoms with Gasteiger partial charge in [0.05, 0.1) is 11.5 Å². The van der Waals surface area contributed by atoms with Crippen molar-refractivity contribution >= 4 is 11.4 Å². The number of hydrogen-bond acceptors (Lipinski definition) is 4. The van der Waals surface area contributed by atoms with Crippen LogP contribution in [-0.4, -0.2) is 59.8 Å². The van der Waals surface area contributed by atoms with E-state index in [0.29, 0.717) is 50.5 Å². The highest BCUT2D eigenvalue weighted by Gasteiger charge is 2.35. The Hall–Kier alpha value is -1.96. The second-order valence-corrected chi connectivity index (χ2v) is 7.29. The molecule has 0 spiro atoms. The lowest BCUT2D eigenvalue weighted by molar-refractivity contribution is -0.729. The monoisotopic (exact) mass is 356 g/mol. The highest BCUT2D eigenvalue weighted by atomic mass is 19.3. The summed E-state index contributed by atoms with van der Waals surface area (Å²) >= 11 is 0. The standard InChI is InChI=1S/C17H24F2N3O3/c1-17(2)10-12-8-14(22(23)24)13(9-15(12)25-17)21-5-3-4-20(6-7-21)11-16(18)19/h8-9,16H,3-7,10-11H2,1-2H3,(H,23,24)/q+1. The maximum atomic E-state index is 12.6. The average molecular weight is 356 g/mol. The zero-order valence-corrected chi connectivity index (χ0v) is 14.5. The molecule has 0 atom stereocenters. The van der Waals surface area contributed by atoms with Crippen molar-refractivity contribution in [1.29, 1.82) is 0 Å². The van der Waals surface area contributed by atoms with E-state index in [1.54, 1.807) is 17.0 Å². The van der Waals surface area contributed by atoms with Gasteiger partial charge in [-0.2, -0.15) is 0 Å². The molecule has 0 saturated carbocycles. The molecule has 8 heteroatoms. The van der Waals surface area contributed by atoms with Gasteiger partial charge in [0.1, 0.15) is 17.0 Å². The van der Waals surface area contributed by atoms with Gasteiger partial charge in [-0.05, 0) is 20.3 Å². The predicted octanol–water partition coefficient (Wildman–Crippen LogP) is 2.98. The van der Waals surface area contributed by atoms with Crippen molar-refractivity contribution in [3.05, 3.63) is 22.6 Å². The van der Waals surface area contributed by atoms with Crippen molar-refractivity contribution in [1.82, 2.24) is 4.90 Å². The lowest BCUT2D eigenvalue weighted by Gasteiger charge is -2.23. The Bertz CT molecular complexity index is 667. The fourth-order valence-corrected chi connectivity index (χ4v) is 3.62. The largest absolute Gasteiger partial charge is 0.487 e. The third-order valence-electron chi connectivity index (χ3n) is 4.69. The van der Waals surface area contributed by atoms with E-state index < -0.39 is 6.43 Å². The number of rotatable bonds is 4. The third kappa shape index (κ3) is 4.00. The van der Waals surface area contributed by atoms with Crippen LogP contribution >= 0.6 is 0 Å². The first-order valence-electron chi connectivity index (χ1n) is 8.53. The Kier molecular flexibility index (Phi) is 4.81. The minimum Gasteiger partial charge on any atom is -0.487 e. The van der Waals surface area contributed by atoms with Gasteiger partial charge in [0, 0.05) is 50.3 Å². The Morgan fingerprint density at radius 1 is 1.28 bits per heavy atom. The number of benzene rings is 1. The molecular weight excluding hydrogens is 332 g/mol. The molecule has 1 N–H and O–H groups in total. The number of halogens is 2. The quantitative estimate of drug-likeness (QED) is 0.841. The van der Waals surface area contributed by atoms with Crippen LogP contribution in [0.1, 0.15) is 25.8 Å². The molecule has 25 heavy (non-hydrogen) atoms. The van der Waals surface area contributed by atoms with Gasteiger partial charge < -0.3 is 9.64 Å². The Morgan fingerprint density at radius 2 is 2.04 bits per heavy atom. The smallest absolute Gasteiger partial charge is 0.340 e. The zero-order chi connectivity index (χ0) is 18.2. The molecule has 1 aromatic carbocycles. The lowest BCUT2D eigenvalue weighted by Crippen LogP contribution is -2.33. The summed E-state index contributed by atoms with van der Waals surface area (Å²) in [5, 5.41) is 9.54. The second kappa shape index (κ2) is 6.74. The van der Waals surface area contributed by atoms with E-state index in [2.05, 4.69) is 0 Å². The molecule has 0 aliphatic carbocycles. The van der Waals surface area contributed by atoms with Crippen molar-refractivity contribution in [2.24, 2.45) is 0 Å². The SMILES string of the molecule is CC1(C)Cc2cc([N+](=O)O)c(N3CCCN(CC(F)F)CC3)cc2O1. The van der Waals surface area contributed by atoms with Crippen molar-refractivity contribution in [3.63, 3.8) is 0 Å². The number of alkyl halides is 2. The molecule has 2 aliphatic rings. The number of fused-ring (bicyclic) bond motifs is 1. The van der Waals surface area contributed by atoms with Crippen LogP contribution in [0, 0.1) is 4.91 Å². The summed E-state index contributed by atoms with van der Waals surface area (Å²) in [6.07, 6.45) is -0.988. The molecule has 0 radical (unpaired) electrons. The van der Waals surface area contributed by atoms with E-state index in [1.165, 1.54) is 0 Å². The van der Waals surface area contributed by atoms with Gasteiger partial charge in [-0.1, -0.05) is 0 Å². The fourth-order valence-electron chi connectivity index (χ4n) is 3.62. The van der Waals surface area contributed by atoms with E-state index in [-0.39, 0.29) is 22.8 Å². The lowest BCUT2D eigenvalue weighted by atomic mass is 10.0. The van der Waals surface area contributed by atoms with Crippen LogP contribution in [0.25, 0.3) is 0 Å². The second-order valence-electron chi connectivity index (χ2n) is 7.29. The molecule has 0 amide bonds. The number of ether oxygens (including phenoxy) is 1. The van der Waals surface area contributed by atoms with Gasteiger partial charge in [-0.25, -0.2) is 14.0 Å². The van der Waals surface area contributed by atoms with Crippen molar-refractivity contribution in [2.75, 3.05) is 37.6 Å². The first-order chi connectivity index (χ1) is 11.7. The van der Waals surface area contributed by atoms with Crippen LogP contribution in [0.4, 0.5) is 20.2 Å². The molecule has 0 aromatic heterocycles. The maximum absolute atomic E-state index is 12.6. The van der Waals surface area contributed by atoms with Gasteiger partial charge in [-0.3, -0.25) is 4.90 Å². The topological polar surface area (TPSA) is 56.0 Å². The summed E-state index contributed by atoms with van der Waals surface area (Å²) in [5.74, 6) is 0.708.